The van der Waals surface area contributed by atoms with Gasteiger partial charge in [0.15, 0.2) is 0 Å². The Bertz CT molecular complexity index is 683. The van der Waals surface area contributed by atoms with Crippen LogP contribution in [0.15, 0.2) is 29.2 Å². The van der Waals surface area contributed by atoms with Gasteiger partial charge in [0.25, 0.3) is 0 Å². The number of ether oxygens (including phenoxy) is 2. The molecule has 152 valence electrons. The normalized spacial score (nSPS) is 21.9. The lowest BCUT2D eigenvalue weighted by Gasteiger charge is -2.33. The number of aliphatic hydroxyl groups excluding tert-OH is 1. The van der Waals surface area contributed by atoms with Gasteiger partial charge in [-0.15, -0.1) is 0 Å². The standard InChI is InChI=1S/C18H29N3O5S/c1-19-6-8-20(9-7-19)14-16(22)15-26-17-2-4-18(5-3-17)27(23,24)21-10-12-25-13-11-21/h2-5,16,22H,6-15H2,1H3/t16-/m0/s1. The summed E-state index contributed by atoms with van der Waals surface area (Å²) >= 11 is 0. The Morgan fingerprint density at radius 1 is 1.07 bits per heavy atom. The van der Waals surface area contributed by atoms with Gasteiger partial charge in [0.05, 0.1) is 18.1 Å². The molecule has 2 heterocycles. The summed E-state index contributed by atoms with van der Waals surface area (Å²) in [5.41, 5.74) is 0. The van der Waals surface area contributed by atoms with E-state index in [4.69, 9.17) is 9.47 Å². The molecule has 2 fully saturated rings. The molecule has 2 aliphatic rings. The fraction of sp³-hybridized carbons (Fsp3) is 0.667. The van der Waals surface area contributed by atoms with Gasteiger partial charge in [-0.3, -0.25) is 4.90 Å². The van der Waals surface area contributed by atoms with Crippen LogP contribution in [0.25, 0.3) is 0 Å². The van der Waals surface area contributed by atoms with Crippen molar-refractivity contribution in [3.05, 3.63) is 24.3 Å². The van der Waals surface area contributed by atoms with E-state index in [1.807, 2.05) is 0 Å². The molecule has 0 radical (unpaired) electrons. The molecule has 0 aliphatic carbocycles. The van der Waals surface area contributed by atoms with E-state index >= 15 is 0 Å². The minimum Gasteiger partial charge on any atom is -0.491 e. The number of β-amino-alcohol motifs (C(OH)–C–C–N with tert-alkyl or cyclic N) is 1. The summed E-state index contributed by atoms with van der Waals surface area (Å²) in [5.74, 6) is 0.549. The second kappa shape index (κ2) is 9.31. The van der Waals surface area contributed by atoms with Gasteiger partial charge in [0.1, 0.15) is 18.5 Å². The highest BCUT2D eigenvalue weighted by molar-refractivity contribution is 7.89. The molecule has 2 saturated heterocycles. The summed E-state index contributed by atoms with van der Waals surface area (Å²) < 4.78 is 37.5. The summed E-state index contributed by atoms with van der Waals surface area (Å²) in [6.45, 7) is 6.26. The molecular formula is C18H29N3O5S. The Morgan fingerprint density at radius 3 is 2.33 bits per heavy atom. The topological polar surface area (TPSA) is 82.5 Å². The molecule has 0 amide bonds. The van der Waals surface area contributed by atoms with Crippen molar-refractivity contribution in [2.45, 2.75) is 11.0 Å². The molecule has 2 aliphatic heterocycles. The molecule has 8 nitrogen and oxygen atoms in total. The first kappa shape index (κ1) is 20.5. The number of likely N-dealkylation sites (N-methyl/N-ethyl adjacent to an activating group) is 1. The average Bonchev–Trinajstić information content (AvgIpc) is 2.69. The molecule has 27 heavy (non-hydrogen) atoms. The Labute approximate surface area is 161 Å². The van der Waals surface area contributed by atoms with Crippen LogP contribution < -0.4 is 4.74 Å². The lowest BCUT2D eigenvalue weighted by Crippen LogP contribution is -2.47. The number of benzene rings is 1. The van der Waals surface area contributed by atoms with E-state index in [2.05, 4.69) is 16.8 Å². The van der Waals surface area contributed by atoms with Crippen LogP contribution in [-0.4, -0.2) is 106 Å². The van der Waals surface area contributed by atoms with Crippen LogP contribution in [0.4, 0.5) is 0 Å². The molecule has 0 unspecified atom stereocenters. The summed E-state index contributed by atoms with van der Waals surface area (Å²) in [5, 5.41) is 10.2. The Kier molecular flexibility index (Phi) is 7.07. The highest BCUT2D eigenvalue weighted by Gasteiger charge is 2.26. The third-order valence-corrected chi connectivity index (χ3v) is 6.85. The molecular weight excluding hydrogens is 370 g/mol. The van der Waals surface area contributed by atoms with Crippen molar-refractivity contribution in [3.63, 3.8) is 0 Å². The van der Waals surface area contributed by atoms with E-state index in [0.29, 0.717) is 38.6 Å². The predicted octanol–water partition coefficient (Wildman–Crippen LogP) is -0.305. The van der Waals surface area contributed by atoms with Gasteiger partial charge in [-0.05, 0) is 31.3 Å². The van der Waals surface area contributed by atoms with Gasteiger partial charge in [-0.25, -0.2) is 8.42 Å². The maximum atomic E-state index is 12.6. The van der Waals surface area contributed by atoms with Crippen LogP contribution >= 0.6 is 0 Å². The molecule has 0 spiro atoms. The van der Waals surface area contributed by atoms with E-state index in [-0.39, 0.29) is 11.5 Å². The fourth-order valence-corrected chi connectivity index (χ4v) is 4.63. The monoisotopic (exact) mass is 399 g/mol. The first-order valence-electron chi connectivity index (χ1n) is 9.35. The number of sulfonamides is 1. The Morgan fingerprint density at radius 2 is 1.70 bits per heavy atom. The molecule has 1 atom stereocenters. The van der Waals surface area contributed by atoms with Gasteiger partial charge in [0, 0.05) is 45.8 Å². The quantitative estimate of drug-likeness (QED) is 0.674. The van der Waals surface area contributed by atoms with Crippen molar-refractivity contribution in [1.29, 1.82) is 0 Å². The first-order valence-corrected chi connectivity index (χ1v) is 10.8. The molecule has 0 aromatic heterocycles. The van der Waals surface area contributed by atoms with Crippen LogP contribution in [0.3, 0.4) is 0 Å². The third kappa shape index (κ3) is 5.63. The molecule has 9 heteroatoms. The predicted molar refractivity (Wildman–Crippen MR) is 101 cm³/mol. The second-order valence-corrected chi connectivity index (χ2v) is 8.99. The number of hydrogen-bond acceptors (Lipinski definition) is 7. The van der Waals surface area contributed by atoms with Crippen molar-refractivity contribution in [2.75, 3.05) is 72.7 Å². The van der Waals surface area contributed by atoms with Crippen LogP contribution in [0, 0.1) is 0 Å². The van der Waals surface area contributed by atoms with E-state index in [9.17, 15) is 13.5 Å². The number of rotatable bonds is 7. The van der Waals surface area contributed by atoms with Crippen molar-refractivity contribution >= 4 is 10.0 Å². The number of aliphatic hydroxyl groups is 1. The molecule has 0 bridgehead atoms. The SMILES string of the molecule is CN1CCN(C[C@H](O)COc2ccc(S(=O)(=O)N3CCOCC3)cc2)CC1. The lowest BCUT2D eigenvalue weighted by molar-refractivity contribution is 0.0504. The first-order chi connectivity index (χ1) is 12.9. The number of nitrogens with zero attached hydrogens (tertiary/aromatic N) is 3. The number of piperazine rings is 1. The van der Waals surface area contributed by atoms with Crippen LogP contribution in [0.5, 0.6) is 5.75 Å². The zero-order valence-electron chi connectivity index (χ0n) is 15.8. The largest absolute Gasteiger partial charge is 0.491 e. The van der Waals surface area contributed by atoms with E-state index in [0.717, 1.165) is 26.2 Å². The highest BCUT2D eigenvalue weighted by atomic mass is 32.2. The number of morpholine rings is 1. The van der Waals surface area contributed by atoms with Crippen LogP contribution in [0.1, 0.15) is 0 Å². The molecule has 0 saturated carbocycles. The maximum Gasteiger partial charge on any atom is 0.243 e. The highest BCUT2D eigenvalue weighted by Crippen LogP contribution is 2.20. The fourth-order valence-electron chi connectivity index (χ4n) is 3.22. The van der Waals surface area contributed by atoms with E-state index in [1.165, 1.54) is 4.31 Å². The zero-order valence-corrected chi connectivity index (χ0v) is 16.6. The lowest BCUT2D eigenvalue weighted by atomic mass is 10.3. The van der Waals surface area contributed by atoms with Crippen molar-refractivity contribution in [2.24, 2.45) is 0 Å². The maximum absolute atomic E-state index is 12.6. The van der Waals surface area contributed by atoms with Gasteiger partial charge in [0.2, 0.25) is 10.0 Å². The van der Waals surface area contributed by atoms with E-state index < -0.39 is 16.1 Å². The number of hydrogen-bond donors (Lipinski definition) is 1. The Hall–Kier alpha value is -1.23. The molecule has 1 aromatic rings. The summed E-state index contributed by atoms with van der Waals surface area (Å²) in [6.07, 6.45) is -0.579. The minimum absolute atomic E-state index is 0.182. The van der Waals surface area contributed by atoms with Gasteiger partial charge >= 0.3 is 0 Å². The van der Waals surface area contributed by atoms with Crippen molar-refractivity contribution < 1.29 is 23.0 Å². The van der Waals surface area contributed by atoms with Gasteiger partial charge < -0.3 is 19.5 Å². The summed E-state index contributed by atoms with van der Waals surface area (Å²) in [7, 11) is -1.40. The third-order valence-electron chi connectivity index (χ3n) is 4.94. The summed E-state index contributed by atoms with van der Waals surface area (Å²) in [6, 6.07) is 6.37. The minimum atomic E-state index is -3.50. The zero-order chi connectivity index (χ0) is 19.3. The van der Waals surface area contributed by atoms with E-state index in [1.54, 1.807) is 24.3 Å². The average molecular weight is 400 g/mol. The van der Waals surface area contributed by atoms with Crippen LogP contribution in [-0.2, 0) is 14.8 Å². The molecule has 3 rings (SSSR count). The molecule has 1 aromatic carbocycles. The van der Waals surface area contributed by atoms with Crippen LogP contribution in [0.2, 0.25) is 0 Å². The smallest absolute Gasteiger partial charge is 0.243 e. The summed E-state index contributed by atoms with van der Waals surface area (Å²) in [4.78, 5) is 4.74. The van der Waals surface area contributed by atoms with Gasteiger partial charge in [-0.2, -0.15) is 4.31 Å². The Balaban J connectivity index is 1.48. The molecule has 1 N–H and O–H groups in total. The second-order valence-electron chi connectivity index (χ2n) is 7.06. The van der Waals surface area contributed by atoms with Crippen molar-refractivity contribution in [1.82, 2.24) is 14.1 Å². The van der Waals surface area contributed by atoms with Crippen molar-refractivity contribution in [3.8, 4) is 5.75 Å². The van der Waals surface area contributed by atoms with Gasteiger partial charge in [-0.1, -0.05) is 0 Å².